The fourth-order valence-corrected chi connectivity index (χ4v) is 3.70. The van der Waals surface area contributed by atoms with Gasteiger partial charge in [-0.25, -0.2) is 13.6 Å². The Labute approximate surface area is 176 Å². The minimum Gasteiger partial charge on any atom is -0.473 e. The Kier molecular flexibility index (Phi) is 6.12. The van der Waals surface area contributed by atoms with Gasteiger partial charge in [-0.15, -0.1) is 9.60 Å². The first-order valence-corrected chi connectivity index (χ1v) is 10.0. The number of anilines is 1. The third kappa shape index (κ3) is 4.82. The average Bonchev–Trinajstić information content (AvgIpc) is 2.75. The van der Waals surface area contributed by atoms with E-state index in [4.69, 9.17) is 4.74 Å². The lowest BCUT2D eigenvalue weighted by Gasteiger charge is -2.35. The second-order valence-corrected chi connectivity index (χ2v) is 7.49. The molecule has 0 aliphatic carbocycles. The number of carbonyl (C=O) groups is 1. The molecule has 1 amide bonds. The van der Waals surface area contributed by atoms with Gasteiger partial charge in [-0.2, -0.15) is 4.98 Å². The van der Waals surface area contributed by atoms with Gasteiger partial charge in [-0.05, 0) is 24.1 Å². The molecule has 2 aliphatic rings. The molecule has 0 N–H and O–H groups in total. The zero-order chi connectivity index (χ0) is 22.0. The number of halogens is 3. The second-order valence-electron chi connectivity index (χ2n) is 7.49. The summed E-state index contributed by atoms with van der Waals surface area (Å²) in [6, 6.07) is 4.96. The lowest BCUT2D eigenvalue weighted by Crippen LogP contribution is -2.50. The summed E-state index contributed by atoms with van der Waals surface area (Å²) < 4.78 is 46.6. The number of carbonyl (C=O) groups excluding carboxylic acids is 1. The van der Waals surface area contributed by atoms with Crippen molar-refractivity contribution in [2.75, 3.05) is 44.2 Å². The van der Waals surface area contributed by atoms with Crippen LogP contribution in [0.2, 0.25) is 0 Å². The third-order valence-corrected chi connectivity index (χ3v) is 5.37. The predicted molar refractivity (Wildman–Crippen MR) is 105 cm³/mol. The molecule has 1 fully saturated rings. The summed E-state index contributed by atoms with van der Waals surface area (Å²) in [5.74, 6) is -1.55. The Bertz CT molecular complexity index is 1020. The molecule has 0 bridgehead atoms. The summed E-state index contributed by atoms with van der Waals surface area (Å²) in [4.78, 5) is 32.4. The van der Waals surface area contributed by atoms with Gasteiger partial charge in [0.2, 0.25) is 11.8 Å². The molecular weight excluding hydrogens is 415 g/mol. The number of ether oxygens (including phenoxy) is 1. The number of rotatable bonds is 5. The molecule has 0 unspecified atom stereocenters. The molecular formula is C20H22F3N5O3. The second kappa shape index (κ2) is 8.96. The molecule has 0 atom stereocenters. The summed E-state index contributed by atoms with van der Waals surface area (Å²) in [6.07, 6.45) is 0.676. The van der Waals surface area contributed by atoms with Crippen LogP contribution in [0.15, 0.2) is 29.1 Å². The third-order valence-electron chi connectivity index (χ3n) is 5.37. The Balaban J connectivity index is 1.48. The summed E-state index contributed by atoms with van der Waals surface area (Å²) in [5.41, 5.74) is -0.126. The van der Waals surface area contributed by atoms with Crippen molar-refractivity contribution in [3.63, 3.8) is 0 Å². The first-order chi connectivity index (χ1) is 14.9. The van der Waals surface area contributed by atoms with Crippen LogP contribution < -0.4 is 15.3 Å². The summed E-state index contributed by atoms with van der Waals surface area (Å²) >= 11 is 0. The molecule has 8 nitrogen and oxygen atoms in total. The normalized spacial score (nSPS) is 16.9. The molecule has 4 rings (SSSR count). The average molecular weight is 437 g/mol. The first-order valence-electron chi connectivity index (χ1n) is 10.0. The maximum atomic E-state index is 13.4. The fraction of sp³-hybridized carbons (Fsp3) is 0.450. The van der Waals surface area contributed by atoms with Crippen LogP contribution in [0.25, 0.3) is 0 Å². The van der Waals surface area contributed by atoms with E-state index in [9.17, 15) is 22.9 Å². The largest absolute Gasteiger partial charge is 0.473 e. The Hall–Kier alpha value is -3.08. The maximum absolute atomic E-state index is 13.4. The Morgan fingerprint density at radius 1 is 1.03 bits per heavy atom. The zero-order valence-electron chi connectivity index (χ0n) is 16.8. The number of hydrogen-bond acceptors (Lipinski definition) is 6. The molecule has 0 spiro atoms. The monoisotopic (exact) mass is 437 g/mol. The molecule has 31 heavy (non-hydrogen) atoms. The van der Waals surface area contributed by atoms with Gasteiger partial charge < -0.3 is 14.5 Å². The lowest BCUT2D eigenvalue weighted by atomic mass is 10.2. The van der Waals surface area contributed by atoms with Crippen molar-refractivity contribution in [2.24, 2.45) is 0 Å². The van der Waals surface area contributed by atoms with Crippen molar-refractivity contribution >= 4 is 11.7 Å². The molecule has 1 aromatic carbocycles. The molecule has 3 heterocycles. The van der Waals surface area contributed by atoms with Crippen molar-refractivity contribution < 1.29 is 22.8 Å². The standard InChI is InChI=1S/C20H22F3N5O3/c21-15-3-2-14(10-16(15)22)13-31-17-11-18-26(4-1-5-28(18)20(30)24-17)12-19(29)25-6-8-27(23)9-7-25/h2-3,10-11H,1,4-9,12-13H2. The van der Waals surface area contributed by atoms with Gasteiger partial charge in [0.05, 0.1) is 6.54 Å². The van der Waals surface area contributed by atoms with Crippen LogP contribution >= 0.6 is 0 Å². The van der Waals surface area contributed by atoms with Crippen molar-refractivity contribution in [3.05, 3.63) is 51.9 Å². The summed E-state index contributed by atoms with van der Waals surface area (Å²) in [6.45, 7) is 1.97. The minimum absolute atomic E-state index is 0.0337. The van der Waals surface area contributed by atoms with Crippen LogP contribution in [-0.4, -0.2) is 64.7 Å². The van der Waals surface area contributed by atoms with Crippen molar-refractivity contribution in [3.8, 4) is 5.88 Å². The molecule has 0 radical (unpaired) electrons. The summed E-state index contributed by atoms with van der Waals surface area (Å²) in [5, 5.41) is 0.682. The number of nitrogens with zero attached hydrogens (tertiary/aromatic N) is 5. The van der Waals surface area contributed by atoms with Gasteiger partial charge in [-0.1, -0.05) is 6.07 Å². The number of piperazine rings is 1. The molecule has 166 valence electrons. The van der Waals surface area contributed by atoms with E-state index in [1.165, 1.54) is 10.6 Å². The number of hydrogen-bond donors (Lipinski definition) is 0. The van der Waals surface area contributed by atoms with Crippen LogP contribution in [0, 0.1) is 11.6 Å². The SMILES string of the molecule is O=C(CN1CCCn2c1cc(OCc1ccc(F)c(F)c1)nc2=O)N1CCN(F)CC1. The van der Waals surface area contributed by atoms with Gasteiger partial charge in [-0.3, -0.25) is 9.36 Å². The van der Waals surface area contributed by atoms with E-state index in [1.807, 2.05) is 0 Å². The van der Waals surface area contributed by atoms with Crippen LogP contribution in [0.1, 0.15) is 12.0 Å². The fourth-order valence-electron chi connectivity index (χ4n) is 3.70. The highest BCUT2D eigenvalue weighted by atomic mass is 19.2. The highest BCUT2D eigenvalue weighted by Gasteiger charge is 2.26. The molecule has 1 aromatic heterocycles. The topological polar surface area (TPSA) is 70.9 Å². The maximum Gasteiger partial charge on any atom is 0.352 e. The molecule has 2 aromatic rings. The molecule has 2 aliphatic heterocycles. The van der Waals surface area contributed by atoms with Crippen molar-refractivity contribution in [2.45, 2.75) is 19.6 Å². The van der Waals surface area contributed by atoms with Gasteiger partial charge in [0.15, 0.2) is 11.6 Å². The van der Waals surface area contributed by atoms with E-state index >= 15 is 0 Å². The summed E-state index contributed by atoms with van der Waals surface area (Å²) in [7, 11) is 0. The highest BCUT2D eigenvalue weighted by molar-refractivity contribution is 5.81. The van der Waals surface area contributed by atoms with Crippen LogP contribution in [0.3, 0.4) is 0 Å². The highest BCUT2D eigenvalue weighted by Crippen LogP contribution is 2.23. The smallest absolute Gasteiger partial charge is 0.352 e. The van der Waals surface area contributed by atoms with E-state index in [2.05, 4.69) is 4.98 Å². The molecule has 1 saturated heterocycles. The number of amides is 1. The van der Waals surface area contributed by atoms with E-state index in [1.54, 1.807) is 15.9 Å². The van der Waals surface area contributed by atoms with Gasteiger partial charge >= 0.3 is 5.69 Å². The predicted octanol–water partition coefficient (Wildman–Crippen LogP) is 1.34. The molecule has 11 heteroatoms. The lowest BCUT2D eigenvalue weighted by molar-refractivity contribution is -0.134. The number of fused-ring (bicyclic) bond motifs is 1. The van der Waals surface area contributed by atoms with Crippen LogP contribution in [-0.2, 0) is 17.9 Å². The van der Waals surface area contributed by atoms with Crippen molar-refractivity contribution in [1.29, 1.82) is 0 Å². The van der Waals surface area contributed by atoms with Gasteiger partial charge in [0.25, 0.3) is 0 Å². The zero-order valence-corrected chi connectivity index (χ0v) is 16.8. The van der Waals surface area contributed by atoms with E-state index < -0.39 is 17.3 Å². The number of benzene rings is 1. The Morgan fingerprint density at radius 2 is 1.81 bits per heavy atom. The molecule has 0 saturated carbocycles. The van der Waals surface area contributed by atoms with E-state index in [-0.39, 0.29) is 38.0 Å². The van der Waals surface area contributed by atoms with Crippen LogP contribution in [0.5, 0.6) is 5.88 Å². The van der Waals surface area contributed by atoms with E-state index in [0.717, 1.165) is 12.1 Å². The van der Waals surface area contributed by atoms with Gasteiger partial charge in [0.1, 0.15) is 12.4 Å². The van der Waals surface area contributed by atoms with Gasteiger partial charge in [0, 0.05) is 45.3 Å². The quantitative estimate of drug-likeness (QED) is 0.658. The first kappa shape index (κ1) is 21.2. The number of aromatic nitrogens is 2. The minimum atomic E-state index is -0.988. The van der Waals surface area contributed by atoms with Crippen LogP contribution in [0.4, 0.5) is 19.1 Å². The van der Waals surface area contributed by atoms with Crippen molar-refractivity contribution in [1.82, 2.24) is 19.6 Å². The Morgan fingerprint density at radius 3 is 2.55 bits per heavy atom. The van der Waals surface area contributed by atoms with E-state index in [0.29, 0.717) is 49.1 Å².